The van der Waals surface area contributed by atoms with Gasteiger partial charge in [-0.2, -0.15) is 0 Å². The number of fused-ring (bicyclic) bond motifs is 1. The SMILES string of the molecule is CCN(CC(=O)N1c2ccccc2NC(=O)CC1C)c1c(N)n(Cc2ccccc2)c(=O)[nH]c1=O. The van der Waals surface area contributed by atoms with Gasteiger partial charge in [-0.25, -0.2) is 4.79 Å². The first-order valence-electron chi connectivity index (χ1n) is 11.4. The van der Waals surface area contributed by atoms with Crippen molar-refractivity contribution >= 4 is 34.7 Å². The molecule has 35 heavy (non-hydrogen) atoms. The number of anilines is 4. The van der Waals surface area contributed by atoms with E-state index in [2.05, 4.69) is 10.3 Å². The number of hydrogen-bond donors (Lipinski definition) is 3. The number of nitrogens with one attached hydrogen (secondary N) is 2. The number of nitrogens with two attached hydrogens (primary N) is 1. The molecule has 1 aliphatic heterocycles. The van der Waals surface area contributed by atoms with Crippen LogP contribution in [0.2, 0.25) is 0 Å². The number of H-pyrrole nitrogens is 1. The molecule has 1 atom stereocenters. The first-order valence-corrected chi connectivity index (χ1v) is 11.4. The van der Waals surface area contributed by atoms with Crippen molar-refractivity contribution in [3.63, 3.8) is 0 Å². The van der Waals surface area contributed by atoms with Crippen LogP contribution in [0.4, 0.5) is 22.9 Å². The molecule has 182 valence electrons. The molecule has 1 aliphatic rings. The van der Waals surface area contributed by atoms with Crippen LogP contribution in [0.3, 0.4) is 0 Å². The monoisotopic (exact) mass is 476 g/mol. The number of nitrogen functional groups attached to an aromatic ring is 1. The number of aromatic nitrogens is 2. The number of aromatic amines is 1. The van der Waals surface area contributed by atoms with Crippen molar-refractivity contribution < 1.29 is 9.59 Å². The Labute approximate surface area is 202 Å². The van der Waals surface area contributed by atoms with Gasteiger partial charge in [0.25, 0.3) is 5.56 Å². The lowest BCUT2D eigenvalue weighted by molar-refractivity contribution is -0.118. The summed E-state index contributed by atoms with van der Waals surface area (Å²) >= 11 is 0. The molecule has 0 saturated heterocycles. The Morgan fingerprint density at radius 1 is 1.09 bits per heavy atom. The molecule has 2 amide bonds. The van der Waals surface area contributed by atoms with Gasteiger partial charge >= 0.3 is 5.69 Å². The normalized spacial score (nSPS) is 15.2. The Bertz CT molecular complexity index is 1360. The molecule has 2 aromatic carbocycles. The predicted molar refractivity (Wildman–Crippen MR) is 136 cm³/mol. The number of likely N-dealkylation sites (N-methyl/N-ethyl adjacent to an activating group) is 1. The summed E-state index contributed by atoms with van der Waals surface area (Å²) in [7, 11) is 0. The Morgan fingerprint density at radius 2 is 1.77 bits per heavy atom. The van der Waals surface area contributed by atoms with E-state index in [0.717, 1.165) is 5.56 Å². The molecule has 10 nitrogen and oxygen atoms in total. The third-order valence-corrected chi connectivity index (χ3v) is 6.05. The predicted octanol–water partition coefficient (Wildman–Crippen LogP) is 1.76. The standard InChI is InChI=1S/C25H28N6O4/c1-3-29(15-21(33)31-16(2)13-20(32)27-18-11-7-8-12-19(18)31)22-23(26)30(25(35)28-24(22)34)14-17-9-5-4-6-10-17/h4-12,16H,3,13-15,26H2,1-2H3,(H,27,32)(H,28,34,35). The van der Waals surface area contributed by atoms with Crippen LogP contribution in [0.25, 0.3) is 0 Å². The van der Waals surface area contributed by atoms with Crippen LogP contribution in [0.1, 0.15) is 25.8 Å². The molecule has 1 unspecified atom stereocenters. The van der Waals surface area contributed by atoms with Gasteiger partial charge in [0.1, 0.15) is 11.5 Å². The number of carbonyl (C=O) groups excluding carboxylic acids is 2. The van der Waals surface area contributed by atoms with Gasteiger partial charge < -0.3 is 20.9 Å². The van der Waals surface area contributed by atoms with Crippen LogP contribution in [-0.4, -0.2) is 40.5 Å². The molecular formula is C25H28N6O4. The zero-order valence-corrected chi connectivity index (χ0v) is 19.7. The van der Waals surface area contributed by atoms with E-state index in [1.165, 1.54) is 4.57 Å². The summed E-state index contributed by atoms with van der Waals surface area (Å²) in [5.41, 5.74) is 7.08. The largest absolute Gasteiger partial charge is 0.383 e. The number of carbonyl (C=O) groups is 2. The van der Waals surface area contributed by atoms with Gasteiger partial charge in [0, 0.05) is 19.0 Å². The quantitative estimate of drug-likeness (QED) is 0.496. The number of amides is 2. The summed E-state index contributed by atoms with van der Waals surface area (Å²) in [6.07, 6.45) is 0.136. The molecule has 3 aromatic rings. The molecule has 0 bridgehead atoms. The van der Waals surface area contributed by atoms with E-state index in [-0.39, 0.29) is 42.8 Å². The topological polar surface area (TPSA) is 134 Å². The number of rotatable bonds is 6. The highest BCUT2D eigenvalue weighted by Crippen LogP contribution is 2.31. The highest BCUT2D eigenvalue weighted by atomic mass is 16.2. The molecule has 10 heteroatoms. The summed E-state index contributed by atoms with van der Waals surface area (Å²) in [6.45, 7) is 3.90. The summed E-state index contributed by atoms with van der Waals surface area (Å²) < 4.78 is 1.28. The molecule has 1 aromatic heterocycles. The smallest absolute Gasteiger partial charge is 0.330 e. The maximum Gasteiger partial charge on any atom is 0.330 e. The maximum absolute atomic E-state index is 13.6. The van der Waals surface area contributed by atoms with Crippen LogP contribution in [0.5, 0.6) is 0 Å². The molecule has 0 aliphatic carbocycles. The van der Waals surface area contributed by atoms with Crippen molar-refractivity contribution in [3.8, 4) is 0 Å². The van der Waals surface area contributed by atoms with Crippen LogP contribution in [-0.2, 0) is 16.1 Å². The van der Waals surface area contributed by atoms with Crippen molar-refractivity contribution in [2.75, 3.05) is 33.9 Å². The highest BCUT2D eigenvalue weighted by molar-refractivity contribution is 6.05. The third-order valence-electron chi connectivity index (χ3n) is 6.05. The number of benzene rings is 2. The minimum absolute atomic E-state index is 0.0154. The maximum atomic E-state index is 13.6. The van der Waals surface area contributed by atoms with Gasteiger partial charge in [-0.3, -0.25) is 23.9 Å². The van der Waals surface area contributed by atoms with E-state index >= 15 is 0 Å². The van der Waals surface area contributed by atoms with Crippen molar-refractivity contribution in [3.05, 3.63) is 81.0 Å². The fourth-order valence-electron chi connectivity index (χ4n) is 4.36. The average Bonchev–Trinajstić information content (AvgIpc) is 2.95. The van der Waals surface area contributed by atoms with Crippen LogP contribution in [0, 0.1) is 0 Å². The Morgan fingerprint density at radius 3 is 2.49 bits per heavy atom. The number of para-hydroxylation sites is 2. The fourth-order valence-corrected chi connectivity index (χ4v) is 4.36. The zero-order valence-electron chi connectivity index (χ0n) is 19.7. The zero-order chi connectivity index (χ0) is 25.1. The second-order valence-electron chi connectivity index (χ2n) is 8.46. The van der Waals surface area contributed by atoms with Crippen molar-refractivity contribution in [1.82, 2.24) is 9.55 Å². The van der Waals surface area contributed by atoms with Crippen LogP contribution in [0.15, 0.2) is 64.2 Å². The number of hydrogen-bond acceptors (Lipinski definition) is 6. The summed E-state index contributed by atoms with van der Waals surface area (Å²) in [6, 6.07) is 16.0. The van der Waals surface area contributed by atoms with Crippen molar-refractivity contribution in [2.45, 2.75) is 32.9 Å². The van der Waals surface area contributed by atoms with Gasteiger partial charge in [0.2, 0.25) is 11.8 Å². The van der Waals surface area contributed by atoms with E-state index in [0.29, 0.717) is 17.9 Å². The van der Waals surface area contributed by atoms with E-state index in [1.807, 2.05) is 30.3 Å². The van der Waals surface area contributed by atoms with E-state index < -0.39 is 17.3 Å². The Balaban J connectivity index is 1.69. The Kier molecular flexibility index (Phi) is 6.72. The minimum Gasteiger partial charge on any atom is -0.383 e. The average molecular weight is 477 g/mol. The lowest BCUT2D eigenvalue weighted by Gasteiger charge is -2.31. The molecule has 0 spiro atoms. The number of nitrogens with zero attached hydrogens (tertiary/aromatic N) is 3. The third kappa shape index (κ3) is 4.81. The molecule has 4 N–H and O–H groups in total. The first kappa shape index (κ1) is 23.8. The van der Waals surface area contributed by atoms with Gasteiger partial charge in [0.05, 0.1) is 24.5 Å². The summed E-state index contributed by atoms with van der Waals surface area (Å²) in [5, 5.41) is 2.83. The van der Waals surface area contributed by atoms with E-state index in [4.69, 9.17) is 5.73 Å². The molecule has 4 rings (SSSR count). The van der Waals surface area contributed by atoms with Gasteiger partial charge in [-0.05, 0) is 31.5 Å². The lowest BCUT2D eigenvalue weighted by atomic mass is 10.1. The van der Waals surface area contributed by atoms with E-state index in [1.54, 1.807) is 47.9 Å². The second kappa shape index (κ2) is 9.88. The fraction of sp³-hybridized carbons (Fsp3) is 0.280. The molecule has 2 heterocycles. The van der Waals surface area contributed by atoms with Crippen molar-refractivity contribution in [1.29, 1.82) is 0 Å². The van der Waals surface area contributed by atoms with E-state index in [9.17, 15) is 19.2 Å². The summed E-state index contributed by atoms with van der Waals surface area (Å²) in [5.74, 6) is -0.498. The molecule has 0 fully saturated rings. The first-order chi connectivity index (χ1) is 16.8. The lowest BCUT2D eigenvalue weighted by Crippen LogP contribution is -2.47. The highest BCUT2D eigenvalue weighted by Gasteiger charge is 2.31. The summed E-state index contributed by atoms with van der Waals surface area (Å²) in [4.78, 5) is 56.6. The minimum atomic E-state index is -0.660. The van der Waals surface area contributed by atoms with Crippen LogP contribution < -0.4 is 32.1 Å². The Hall–Kier alpha value is -4.34. The van der Waals surface area contributed by atoms with Gasteiger partial charge in [-0.15, -0.1) is 0 Å². The van der Waals surface area contributed by atoms with Crippen LogP contribution >= 0.6 is 0 Å². The van der Waals surface area contributed by atoms with Crippen molar-refractivity contribution in [2.24, 2.45) is 0 Å². The second-order valence-corrected chi connectivity index (χ2v) is 8.46. The molecule has 0 saturated carbocycles. The molecule has 0 radical (unpaired) electrons. The van der Waals surface area contributed by atoms with Gasteiger partial charge in [-0.1, -0.05) is 42.5 Å². The van der Waals surface area contributed by atoms with Gasteiger partial charge in [0.15, 0.2) is 0 Å². The molecular weight excluding hydrogens is 448 g/mol.